The van der Waals surface area contributed by atoms with Crippen LogP contribution in [-0.4, -0.2) is 32.0 Å². The molecule has 2 aromatic carbocycles. The van der Waals surface area contributed by atoms with Gasteiger partial charge >= 0.3 is 6.03 Å². The van der Waals surface area contributed by atoms with Crippen molar-refractivity contribution < 1.29 is 30.7 Å². The molecule has 0 radical (unpaired) electrons. The van der Waals surface area contributed by atoms with Crippen LogP contribution in [0.1, 0.15) is 11.1 Å². The first kappa shape index (κ1) is 19.8. The fourth-order valence-electron chi connectivity index (χ4n) is 2.20. The highest BCUT2D eigenvalue weighted by atomic mass is 32.2. The van der Waals surface area contributed by atoms with Gasteiger partial charge in [-0.25, -0.2) is 4.79 Å². The van der Waals surface area contributed by atoms with Crippen molar-refractivity contribution in [3.63, 3.8) is 0 Å². The molecule has 26 heavy (non-hydrogen) atoms. The van der Waals surface area contributed by atoms with Crippen LogP contribution < -0.4 is 10.6 Å². The Morgan fingerprint density at radius 1 is 0.769 bits per heavy atom. The maximum absolute atomic E-state index is 12.0. The van der Waals surface area contributed by atoms with Gasteiger partial charge in [0.25, 0.3) is 20.2 Å². The normalized spacial score (nSPS) is 11.8. The van der Waals surface area contributed by atoms with Gasteiger partial charge in [0.2, 0.25) is 0 Å². The predicted molar refractivity (Wildman–Crippen MR) is 94.6 cm³/mol. The average Bonchev–Trinajstić information content (AvgIpc) is 2.49. The fraction of sp³-hybridized carbons (Fsp3) is 0.133. The molecule has 140 valence electrons. The van der Waals surface area contributed by atoms with Crippen molar-refractivity contribution in [1.82, 2.24) is 0 Å². The number of urea groups is 1. The van der Waals surface area contributed by atoms with Crippen LogP contribution in [0.5, 0.6) is 0 Å². The van der Waals surface area contributed by atoms with Gasteiger partial charge in [-0.3, -0.25) is 9.11 Å². The van der Waals surface area contributed by atoms with E-state index in [1.54, 1.807) is 0 Å². The fourth-order valence-corrected chi connectivity index (χ4v) is 3.71. The molecule has 0 aliphatic rings. The molecule has 0 aliphatic carbocycles. The van der Waals surface area contributed by atoms with Gasteiger partial charge in [-0.05, 0) is 49.2 Å². The Hall–Kier alpha value is -2.47. The van der Waals surface area contributed by atoms with E-state index < -0.39 is 26.3 Å². The molecule has 2 amide bonds. The molecule has 0 aliphatic heterocycles. The van der Waals surface area contributed by atoms with E-state index in [9.17, 15) is 21.6 Å². The van der Waals surface area contributed by atoms with Gasteiger partial charge in [-0.15, -0.1) is 0 Å². The quantitative estimate of drug-likeness (QED) is 0.576. The third kappa shape index (κ3) is 4.79. The number of carbonyl (C=O) groups excluding carboxylic acids is 1. The highest BCUT2D eigenvalue weighted by Crippen LogP contribution is 2.22. The molecule has 0 heterocycles. The summed E-state index contributed by atoms with van der Waals surface area (Å²) in [6.07, 6.45) is 0. The van der Waals surface area contributed by atoms with Crippen LogP contribution in [-0.2, 0) is 20.2 Å². The molecule has 4 N–H and O–H groups in total. The van der Waals surface area contributed by atoms with E-state index in [1.165, 1.54) is 38.1 Å². The van der Waals surface area contributed by atoms with Crippen LogP contribution in [0, 0.1) is 13.8 Å². The van der Waals surface area contributed by atoms with E-state index in [1.807, 2.05) is 0 Å². The molecule has 0 unspecified atom stereocenters. The summed E-state index contributed by atoms with van der Waals surface area (Å²) in [5, 5.41) is 4.73. The zero-order valence-corrected chi connectivity index (χ0v) is 15.3. The van der Waals surface area contributed by atoms with E-state index >= 15 is 0 Å². The number of anilines is 2. The third-order valence-corrected chi connectivity index (χ3v) is 5.44. The Kier molecular flexibility index (Phi) is 5.37. The van der Waals surface area contributed by atoms with Crippen LogP contribution in [0.15, 0.2) is 46.2 Å². The average molecular weight is 400 g/mol. The summed E-state index contributed by atoms with van der Waals surface area (Å²) >= 11 is 0. The van der Waals surface area contributed by atoms with E-state index in [4.69, 9.17) is 9.11 Å². The number of carbonyl (C=O) groups is 1. The molecule has 0 saturated heterocycles. The van der Waals surface area contributed by atoms with Crippen molar-refractivity contribution >= 4 is 37.6 Å². The van der Waals surface area contributed by atoms with Gasteiger partial charge in [-0.1, -0.05) is 12.1 Å². The minimum absolute atomic E-state index is 0.0999. The molecular formula is C15H16N2O7S2. The number of hydrogen-bond donors (Lipinski definition) is 4. The molecular weight excluding hydrogens is 384 g/mol. The molecule has 9 nitrogen and oxygen atoms in total. The lowest BCUT2D eigenvalue weighted by Gasteiger charge is -2.11. The molecule has 0 spiro atoms. The summed E-state index contributed by atoms with van der Waals surface area (Å²) in [5.41, 5.74) is 0.801. The molecule has 2 aromatic rings. The summed E-state index contributed by atoms with van der Waals surface area (Å²) in [7, 11) is -8.89. The van der Waals surface area contributed by atoms with Gasteiger partial charge in [0.15, 0.2) is 0 Å². The van der Waals surface area contributed by atoms with E-state index in [0.29, 0.717) is 11.1 Å². The second kappa shape index (κ2) is 7.03. The minimum atomic E-state index is -4.44. The maximum Gasteiger partial charge on any atom is 0.323 e. The number of benzene rings is 2. The number of aryl methyl sites for hydroxylation is 2. The largest absolute Gasteiger partial charge is 0.323 e. The van der Waals surface area contributed by atoms with Crippen molar-refractivity contribution in [2.75, 3.05) is 10.6 Å². The van der Waals surface area contributed by atoms with E-state index in [-0.39, 0.29) is 21.2 Å². The van der Waals surface area contributed by atoms with Crippen LogP contribution in [0.4, 0.5) is 16.2 Å². The van der Waals surface area contributed by atoms with Gasteiger partial charge in [0.05, 0.1) is 9.79 Å². The number of hydrogen-bond acceptors (Lipinski definition) is 5. The maximum atomic E-state index is 12.0. The van der Waals surface area contributed by atoms with Crippen molar-refractivity contribution in [3.8, 4) is 0 Å². The lowest BCUT2D eigenvalue weighted by molar-refractivity contribution is 0.262. The highest BCUT2D eigenvalue weighted by molar-refractivity contribution is 7.86. The van der Waals surface area contributed by atoms with Crippen molar-refractivity contribution in [2.24, 2.45) is 0 Å². The SMILES string of the molecule is Cc1ccc(NC(=O)Nc2ccc(C)c(S(=O)(=O)O)c2)cc1S(=O)(=O)O. The zero-order valence-electron chi connectivity index (χ0n) is 13.7. The lowest BCUT2D eigenvalue weighted by Crippen LogP contribution is -2.20. The van der Waals surface area contributed by atoms with Crippen molar-refractivity contribution in [2.45, 2.75) is 23.6 Å². The van der Waals surface area contributed by atoms with Crippen LogP contribution in [0.3, 0.4) is 0 Å². The highest BCUT2D eigenvalue weighted by Gasteiger charge is 2.16. The van der Waals surface area contributed by atoms with Crippen molar-refractivity contribution in [3.05, 3.63) is 47.5 Å². The summed E-state index contributed by atoms with van der Waals surface area (Å²) in [6.45, 7) is 2.96. The Bertz CT molecular complexity index is 992. The second-order valence-electron chi connectivity index (χ2n) is 5.49. The van der Waals surface area contributed by atoms with Crippen molar-refractivity contribution in [1.29, 1.82) is 0 Å². The number of amides is 2. The monoisotopic (exact) mass is 400 g/mol. The van der Waals surface area contributed by atoms with Crippen LogP contribution >= 0.6 is 0 Å². The molecule has 0 saturated carbocycles. The third-order valence-electron chi connectivity index (χ3n) is 3.45. The van der Waals surface area contributed by atoms with Crippen LogP contribution in [0.2, 0.25) is 0 Å². The predicted octanol–water partition coefficient (Wildman–Crippen LogP) is 2.44. The summed E-state index contributed by atoms with van der Waals surface area (Å²) < 4.78 is 63.5. The standard InChI is InChI=1S/C15H16N2O7S2/c1-9-3-5-11(7-13(9)25(19,20)21)16-15(18)17-12-6-4-10(2)14(8-12)26(22,23)24/h3-8H,1-2H3,(H2,16,17,18)(H,19,20,21)(H,22,23,24). The Balaban J connectivity index is 2.23. The molecule has 2 rings (SSSR count). The first-order chi connectivity index (χ1) is 11.9. The molecule has 0 bridgehead atoms. The smallest absolute Gasteiger partial charge is 0.308 e. The number of nitrogens with one attached hydrogen (secondary N) is 2. The topological polar surface area (TPSA) is 150 Å². The Labute approximate surface area is 150 Å². The summed E-state index contributed by atoms with van der Waals surface area (Å²) in [6, 6.07) is 7.07. The number of rotatable bonds is 4. The van der Waals surface area contributed by atoms with Gasteiger partial charge < -0.3 is 10.6 Å². The summed E-state index contributed by atoms with van der Waals surface area (Å²) in [4.78, 5) is 11.3. The minimum Gasteiger partial charge on any atom is -0.308 e. The van der Waals surface area contributed by atoms with E-state index in [2.05, 4.69) is 10.6 Å². The molecule has 0 fully saturated rings. The van der Waals surface area contributed by atoms with Gasteiger partial charge in [0, 0.05) is 11.4 Å². The zero-order chi connectivity index (χ0) is 19.7. The Morgan fingerprint density at radius 3 is 1.42 bits per heavy atom. The molecule has 0 aromatic heterocycles. The Morgan fingerprint density at radius 2 is 1.12 bits per heavy atom. The second-order valence-corrected chi connectivity index (χ2v) is 8.27. The van der Waals surface area contributed by atoms with Gasteiger partial charge in [0.1, 0.15) is 0 Å². The van der Waals surface area contributed by atoms with Gasteiger partial charge in [-0.2, -0.15) is 16.8 Å². The molecule has 0 atom stereocenters. The lowest BCUT2D eigenvalue weighted by atomic mass is 10.2. The first-order valence-corrected chi connectivity index (χ1v) is 10.0. The van der Waals surface area contributed by atoms with E-state index in [0.717, 1.165) is 12.1 Å². The first-order valence-electron chi connectivity index (χ1n) is 7.12. The molecule has 11 heteroatoms. The summed E-state index contributed by atoms with van der Waals surface area (Å²) in [5.74, 6) is 0. The van der Waals surface area contributed by atoms with Crippen LogP contribution in [0.25, 0.3) is 0 Å².